The average Bonchev–Trinajstić information content (AvgIpc) is 2.41. The fourth-order valence-electron chi connectivity index (χ4n) is 1.41. The minimum absolute atomic E-state index is 0.685. The van der Waals surface area contributed by atoms with Gasteiger partial charge in [-0.1, -0.05) is 24.3 Å². The monoisotopic (exact) mass is 274 g/mol. The third kappa shape index (κ3) is 5.56. The van der Waals surface area contributed by atoms with Crippen molar-refractivity contribution in [3.05, 3.63) is 41.2 Å². The van der Waals surface area contributed by atoms with E-state index in [0.717, 1.165) is 11.1 Å². The second kappa shape index (κ2) is 7.99. The summed E-state index contributed by atoms with van der Waals surface area (Å²) in [6.07, 6.45) is 5.44. The van der Waals surface area contributed by atoms with Crippen LogP contribution in [0.3, 0.4) is 0 Å². The summed E-state index contributed by atoms with van der Waals surface area (Å²) in [5.41, 5.74) is 2.05. The molecule has 108 valence electrons. The summed E-state index contributed by atoms with van der Waals surface area (Å²) in [6, 6.07) is 7.98. The van der Waals surface area contributed by atoms with Gasteiger partial charge in [-0.3, -0.25) is 0 Å². The molecule has 1 rings (SSSR count). The molecule has 0 fully saturated rings. The highest BCUT2D eigenvalue weighted by Crippen LogP contribution is 2.11. The van der Waals surface area contributed by atoms with Gasteiger partial charge in [0.1, 0.15) is 5.76 Å². The van der Waals surface area contributed by atoms with E-state index >= 15 is 0 Å². The van der Waals surface area contributed by atoms with E-state index in [2.05, 4.69) is 10.2 Å². The largest absolute Gasteiger partial charge is 0.495 e. The van der Waals surface area contributed by atoms with Gasteiger partial charge in [0.2, 0.25) is 0 Å². The van der Waals surface area contributed by atoms with Gasteiger partial charge in [-0.15, -0.1) is 0 Å². The number of rotatable bonds is 6. The minimum Gasteiger partial charge on any atom is -0.495 e. The molecule has 0 heterocycles. The van der Waals surface area contributed by atoms with Crippen molar-refractivity contribution in [1.29, 1.82) is 0 Å². The standard InChI is InChI=1S/C15H22N4O/c1-18(2)16-11-14-9-7-6-8-13(14)10-15(20-5)12-17-19(3)4/h6-12H,1-5H3/b15-10-,16-11-,17-12-. The smallest absolute Gasteiger partial charge is 0.139 e. The van der Waals surface area contributed by atoms with E-state index in [1.807, 2.05) is 64.7 Å². The Kier molecular flexibility index (Phi) is 6.29. The van der Waals surface area contributed by atoms with Gasteiger partial charge in [-0.2, -0.15) is 10.2 Å². The summed E-state index contributed by atoms with van der Waals surface area (Å²) in [4.78, 5) is 0. The first-order chi connectivity index (χ1) is 9.52. The van der Waals surface area contributed by atoms with Crippen molar-refractivity contribution in [2.75, 3.05) is 35.3 Å². The Bertz CT molecular complexity index is 504. The molecule has 0 aliphatic rings. The maximum absolute atomic E-state index is 5.32. The fourth-order valence-corrected chi connectivity index (χ4v) is 1.41. The van der Waals surface area contributed by atoms with E-state index in [1.165, 1.54) is 0 Å². The summed E-state index contributed by atoms with van der Waals surface area (Å²) in [7, 11) is 9.13. The number of benzene rings is 1. The highest BCUT2D eigenvalue weighted by atomic mass is 16.5. The van der Waals surface area contributed by atoms with Gasteiger partial charge in [0, 0.05) is 33.8 Å². The molecule has 0 radical (unpaired) electrons. The lowest BCUT2D eigenvalue weighted by Gasteiger charge is -2.07. The maximum atomic E-state index is 5.32. The molecule has 5 nitrogen and oxygen atoms in total. The summed E-state index contributed by atoms with van der Waals surface area (Å²) < 4.78 is 5.32. The fraction of sp³-hybridized carbons (Fsp3) is 0.333. The van der Waals surface area contributed by atoms with Crippen LogP contribution in [0.5, 0.6) is 0 Å². The van der Waals surface area contributed by atoms with Crippen LogP contribution in [-0.4, -0.2) is 57.7 Å². The number of hydrazone groups is 2. The van der Waals surface area contributed by atoms with E-state index in [9.17, 15) is 0 Å². The van der Waals surface area contributed by atoms with Crippen molar-refractivity contribution in [2.24, 2.45) is 10.2 Å². The van der Waals surface area contributed by atoms with Crippen LogP contribution in [0.25, 0.3) is 6.08 Å². The molecule has 0 aliphatic carbocycles. The molecule has 5 heteroatoms. The minimum atomic E-state index is 0.685. The second-order valence-electron chi connectivity index (χ2n) is 4.56. The SMILES string of the molecule is COC(/C=N\N(C)C)=C\c1ccccc1/C=N\N(C)C. The Balaban J connectivity index is 3.05. The van der Waals surface area contributed by atoms with Gasteiger partial charge in [0.25, 0.3) is 0 Å². The molecular formula is C15H22N4O. The molecule has 0 spiro atoms. The predicted octanol–water partition coefficient (Wildman–Crippen LogP) is 2.12. The molecule has 0 aromatic heterocycles. The van der Waals surface area contributed by atoms with Crippen LogP contribution < -0.4 is 0 Å². The maximum Gasteiger partial charge on any atom is 0.139 e. The first-order valence-corrected chi connectivity index (χ1v) is 6.30. The zero-order valence-corrected chi connectivity index (χ0v) is 12.7. The van der Waals surface area contributed by atoms with Crippen molar-refractivity contribution in [3.8, 4) is 0 Å². The Labute approximate surface area is 120 Å². The molecule has 0 aliphatic heterocycles. The zero-order valence-electron chi connectivity index (χ0n) is 12.7. The third-order valence-electron chi connectivity index (χ3n) is 2.37. The van der Waals surface area contributed by atoms with Crippen LogP contribution in [-0.2, 0) is 4.74 Å². The molecule has 0 N–H and O–H groups in total. The van der Waals surface area contributed by atoms with Gasteiger partial charge < -0.3 is 14.8 Å². The predicted molar refractivity (Wildman–Crippen MR) is 84.9 cm³/mol. The van der Waals surface area contributed by atoms with Crippen LogP contribution in [0, 0.1) is 0 Å². The summed E-state index contributed by atoms with van der Waals surface area (Å²) in [5.74, 6) is 0.685. The highest BCUT2D eigenvalue weighted by molar-refractivity contribution is 5.89. The zero-order chi connectivity index (χ0) is 15.0. The summed E-state index contributed by atoms with van der Waals surface area (Å²) in [6.45, 7) is 0. The molecular weight excluding hydrogens is 252 g/mol. The quantitative estimate of drug-likeness (QED) is 0.453. The van der Waals surface area contributed by atoms with Crippen LogP contribution in [0.15, 0.2) is 40.2 Å². The van der Waals surface area contributed by atoms with Crippen molar-refractivity contribution in [3.63, 3.8) is 0 Å². The van der Waals surface area contributed by atoms with Gasteiger partial charge >= 0.3 is 0 Å². The first kappa shape index (κ1) is 15.8. The first-order valence-electron chi connectivity index (χ1n) is 6.30. The lowest BCUT2D eigenvalue weighted by atomic mass is 10.1. The topological polar surface area (TPSA) is 40.4 Å². The Morgan fingerprint density at radius 2 is 1.60 bits per heavy atom. The van der Waals surface area contributed by atoms with Gasteiger partial charge in [-0.05, 0) is 11.6 Å². The molecule has 0 unspecified atom stereocenters. The summed E-state index contributed by atoms with van der Waals surface area (Å²) in [5, 5.41) is 11.9. The lowest BCUT2D eigenvalue weighted by molar-refractivity contribution is 0.318. The van der Waals surface area contributed by atoms with Crippen LogP contribution in [0.2, 0.25) is 0 Å². The van der Waals surface area contributed by atoms with Crippen LogP contribution >= 0.6 is 0 Å². The number of hydrogen-bond acceptors (Lipinski definition) is 5. The van der Waals surface area contributed by atoms with E-state index in [-0.39, 0.29) is 0 Å². The average molecular weight is 274 g/mol. The molecule has 0 amide bonds. The van der Waals surface area contributed by atoms with Crippen molar-refractivity contribution >= 4 is 18.5 Å². The van der Waals surface area contributed by atoms with E-state index < -0.39 is 0 Å². The molecule has 0 atom stereocenters. The molecule has 0 bridgehead atoms. The number of ether oxygens (including phenoxy) is 1. The van der Waals surface area contributed by atoms with Crippen molar-refractivity contribution in [1.82, 2.24) is 10.0 Å². The normalized spacial score (nSPS) is 12.2. The number of nitrogens with zero attached hydrogens (tertiary/aromatic N) is 4. The van der Waals surface area contributed by atoms with Crippen LogP contribution in [0.1, 0.15) is 11.1 Å². The van der Waals surface area contributed by atoms with E-state index in [1.54, 1.807) is 23.3 Å². The number of methoxy groups -OCH3 is 1. The molecule has 20 heavy (non-hydrogen) atoms. The van der Waals surface area contributed by atoms with Gasteiger partial charge in [0.15, 0.2) is 0 Å². The number of hydrogen-bond donors (Lipinski definition) is 0. The lowest BCUT2D eigenvalue weighted by Crippen LogP contribution is -2.03. The molecule has 1 aromatic rings. The van der Waals surface area contributed by atoms with Crippen molar-refractivity contribution < 1.29 is 4.74 Å². The Morgan fingerprint density at radius 1 is 1.00 bits per heavy atom. The third-order valence-corrected chi connectivity index (χ3v) is 2.37. The van der Waals surface area contributed by atoms with Gasteiger partial charge in [-0.25, -0.2) is 0 Å². The van der Waals surface area contributed by atoms with E-state index in [0.29, 0.717) is 5.76 Å². The van der Waals surface area contributed by atoms with Gasteiger partial charge in [0.05, 0.1) is 19.5 Å². The van der Waals surface area contributed by atoms with E-state index in [4.69, 9.17) is 4.74 Å². The number of allylic oxidation sites excluding steroid dienone is 1. The second-order valence-corrected chi connectivity index (χ2v) is 4.56. The Hall–Kier alpha value is -2.30. The van der Waals surface area contributed by atoms with Crippen molar-refractivity contribution in [2.45, 2.75) is 0 Å². The Morgan fingerprint density at radius 3 is 2.15 bits per heavy atom. The summed E-state index contributed by atoms with van der Waals surface area (Å²) >= 11 is 0. The molecule has 1 aromatic carbocycles. The molecule has 0 saturated carbocycles. The molecule has 0 saturated heterocycles. The van der Waals surface area contributed by atoms with Crippen LogP contribution in [0.4, 0.5) is 0 Å². The highest BCUT2D eigenvalue weighted by Gasteiger charge is 1.99.